The summed E-state index contributed by atoms with van der Waals surface area (Å²) >= 11 is 0. The van der Waals surface area contributed by atoms with E-state index in [4.69, 9.17) is 24.0 Å². The number of rotatable bonds is 6. The molecule has 7 unspecified atom stereocenters. The number of ether oxygens (including phenoxy) is 3. The lowest BCUT2D eigenvalue weighted by atomic mass is 9.61. The fourth-order valence-electron chi connectivity index (χ4n) is 5.52. The van der Waals surface area contributed by atoms with E-state index in [9.17, 15) is 4.79 Å². The number of carbonyl (C=O) groups excluding carboxylic acids is 1. The second-order valence-electron chi connectivity index (χ2n) is 10.4. The first-order valence-corrected chi connectivity index (χ1v) is 13.7. The standard InChI is InChI=1S/C19H30O6.C5H12.C3H8/c1-4-5-9-15(20)21-16-12(2)14-8-6-7-13-10-11-18(3)23-17(22-16)19(13,14)25-24-18;1-3-5-4-2;1-3-2/h12-14,16-17H,4-11H2,1-3H3;3-5H2,1-2H3;3H2,1-2H3. The smallest absolute Gasteiger partial charge is 0.308 e. The number of hydrogen-bond acceptors (Lipinski definition) is 6. The van der Waals surface area contributed by atoms with Gasteiger partial charge in [-0.2, -0.15) is 0 Å². The van der Waals surface area contributed by atoms with Crippen LogP contribution in [0.5, 0.6) is 0 Å². The van der Waals surface area contributed by atoms with E-state index in [-0.39, 0.29) is 17.8 Å². The molecule has 0 radical (unpaired) electrons. The van der Waals surface area contributed by atoms with Gasteiger partial charge in [-0.1, -0.05) is 80.1 Å². The van der Waals surface area contributed by atoms with Crippen molar-refractivity contribution in [2.75, 3.05) is 0 Å². The fraction of sp³-hybridized carbons (Fsp3) is 0.963. The van der Waals surface area contributed by atoms with Crippen LogP contribution in [-0.2, 0) is 28.8 Å². The van der Waals surface area contributed by atoms with Gasteiger partial charge in [0, 0.05) is 24.7 Å². The van der Waals surface area contributed by atoms with Gasteiger partial charge in [-0.15, -0.1) is 0 Å². The molecule has 2 bridgehead atoms. The average molecular weight is 471 g/mol. The van der Waals surface area contributed by atoms with E-state index >= 15 is 0 Å². The molecule has 5 aliphatic rings. The summed E-state index contributed by atoms with van der Waals surface area (Å²) in [5.74, 6) is -0.352. The summed E-state index contributed by atoms with van der Waals surface area (Å²) in [4.78, 5) is 23.9. The van der Waals surface area contributed by atoms with Crippen molar-refractivity contribution >= 4 is 5.97 Å². The molecule has 4 saturated heterocycles. The molecule has 7 atom stereocenters. The van der Waals surface area contributed by atoms with Crippen LogP contribution >= 0.6 is 0 Å². The lowest BCUT2D eigenvalue weighted by Crippen LogP contribution is -2.69. The second-order valence-corrected chi connectivity index (χ2v) is 10.4. The zero-order valence-corrected chi connectivity index (χ0v) is 22.3. The van der Waals surface area contributed by atoms with Crippen LogP contribution in [0, 0.1) is 17.8 Å². The monoisotopic (exact) mass is 470 g/mol. The molecule has 4 heterocycles. The molecule has 0 N–H and O–H groups in total. The van der Waals surface area contributed by atoms with Gasteiger partial charge >= 0.3 is 5.97 Å². The topological polar surface area (TPSA) is 63.2 Å². The van der Waals surface area contributed by atoms with Crippen LogP contribution in [0.2, 0.25) is 0 Å². The Bertz CT molecular complexity index is 581. The Kier molecular flexibility index (Phi) is 11.6. The molecule has 6 nitrogen and oxygen atoms in total. The quantitative estimate of drug-likeness (QED) is 0.300. The molecular weight excluding hydrogens is 420 g/mol. The highest BCUT2D eigenvalue weighted by Crippen LogP contribution is 2.59. The van der Waals surface area contributed by atoms with Crippen molar-refractivity contribution in [1.29, 1.82) is 0 Å². The van der Waals surface area contributed by atoms with Crippen LogP contribution < -0.4 is 0 Å². The van der Waals surface area contributed by atoms with Gasteiger partial charge in [0.2, 0.25) is 12.1 Å². The summed E-state index contributed by atoms with van der Waals surface area (Å²) < 4.78 is 18.1. The van der Waals surface area contributed by atoms with Crippen LogP contribution in [0.1, 0.15) is 126 Å². The Labute approximate surface area is 202 Å². The lowest BCUT2D eigenvalue weighted by molar-refractivity contribution is -0.575. The Morgan fingerprint density at radius 3 is 2.24 bits per heavy atom. The molecule has 5 rings (SSSR count). The van der Waals surface area contributed by atoms with E-state index in [2.05, 4.69) is 41.5 Å². The summed E-state index contributed by atoms with van der Waals surface area (Å²) in [7, 11) is 0. The molecule has 5 fully saturated rings. The third-order valence-electron chi connectivity index (χ3n) is 7.33. The molecule has 6 heteroatoms. The number of fused-ring (bicyclic) bond motifs is 2. The first kappa shape index (κ1) is 28.5. The van der Waals surface area contributed by atoms with Gasteiger partial charge in [0.1, 0.15) is 0 Å². The van der Waals surface area contributed by atoms with Gasteiger partial charge in [-0.05, 0) is 38.5 Å². The highest BCUT2D eigenvalue weighted by Gasteiger charge is 2.68. The van der Waals surface area contributed by atoms with Crippen molar-refractivity contribution < 1.29 is 28.8 Å². The minimum atomic E-state index is -0.783. The van der Waals surface area contributed by atoms with E-state index in [1.165, 1.54) is 25.7 Å². The van der Waals surface area contributed by atoms with Crippen molar-refractivity contribution in [3.8, 4) is 0 Å². The van der Waals surface area contributed by atoms with Crippen LogP contribution in [0.25, 0.3) is 0 Å². The number of unbranched alkanes of at least 4 members (excludes halogenated alkanes) is 3. The third kappa shape index (κ3) is 6.71. The van der Waals surface area contributed by atoms with E-state index in [1.54, 1.807) is 0 Å². The maximum absolute atomic E-state index is 12.1. The molecule has 0 aromatic carbocycles. The molecule has 33 heavy (non-hydrogen) atoms. The van der Waals surface area contributed by atoms with Crippen molar-refractivity contribution in [3.63, 3.8) is 0 Å². The summed E-state index contributed by atoms with van der Waals surface area (Å²) in [5, 5.41) is 0. The van der Waals surface area contributed by atoms with Crippen LogP contribution in [0.3, 0.4) is 0 Å². The molecule has 0 amide bonds. The second kappa shape index (κ2) is 13.4. The van der Waals surface area contributed by atoms with Crippen molar-refractivity contribution in [1.82, 2.24) is 0 Å². The first-order chi connectivity index (χ1) is 15.8. The van der Waals surface area contributed by atoms with Crippen molar-refractivity contribution in [2.24, 2.45) is 17.8 Å². The number of hydrogen-bond donors (Lipinski definition) is 0. The average Bonchev–Trinajstić information content (AvgIpc) is 3.02. The molecule has 194 valence electrons. The molecular formula is C27H50O6. The minimum absolute atomic E-state index is 0.0549. The van der Waals surface area contributed by atoms with Crippen LogP contribution in [0.15, 0.2) is 0 Å². The van der Waals surface area contributed by atoms with Gasteiger partial charge in [0.25, 0.3) is 0 Å². The largest absolute Gasteiger partial charge is 0.435 e. The zero-order valence-electron chi connectivity index (χ0n) is 22.3. The lowest BCUT2D eigenvalue weighted by Gasteiger charge is -2.58. The Hall–Kier alpha value is -0.690. The highest BCUT2D eigenvalue weighted by molar-refractivity contribution is 5.69. The van der Waals surface area contributed by atoms with Crippen molar-refractivity contribution in [2.45, 2.75) is 149 Å². The first-order valence-electron chi connectivity index (χ1n) is 13.7. The maximum Gasteiger partial charge on any atom is 0.308 e. The summed E-state index contributed by atoms with van der Waals surface area (Å²) in [5.41, 5.74) is -0.569. The van der Waals surface area contributed by atoms with Crippen LogP contribution in [-0.4, -0.2) is 29.9 Å². The van der Waals surface area contributed by atoms with Crippen molar-refractivity contribution in [3.05, 3.63) is 0 Å². The third-order valence-corrected chi connectivity index (χ3v) is 7.33. The van der Waals surface area contributed by atoms with E-state index in [0.29, 0.717) is 12.3 Å². The van der Waals surface area contributed by atoms with E-state index < -0.39 is 24.0 Å². The summed E-state index contributed by atoms with van der Waals surface area (Å²) in [6.07, 6.45) is 11.5. The van der Waals surface area contributed by atoms with Gasteiger partial charge in [-0.3, -0.25) is 4.79 Å². The molecule has 0 aromatic rings. The SMILES string of the molecule is CCC.CCCCC.CCCCC(=O)OC1OC2OC3(C)CCC4CCCC(C1C)C42OO3. The predicted octanol–water partition coefficient (Wildman–Crippen LogP) is 7.29. The normalized spacial score (nSPS) is 38.6. The molecule has 1 spiro atoms. The van der Waals surface area contributed by atoms with Gasteiger partial charge < -0.3 is 14.2 Å². The van der Waals surface area contributed by atoms with Gasteiger partial charge in [0.05, 0.1) is 0 Å². The zero-order chi connectivity index (χ0) is 24.5. The Morgan fingerprint density at radius 1 is 0.970 bits per heavy atom. The molecule has 1 aliphatic carbocycles. The fourth-order valence-corrected chi connectivity index (χ4v) is 5.52. The van der Waals surface area contributed by atoms with Gasteiger partial charge in [0.15, 0.2) is 11.9 Å². The minimum Gasteiger partial charge on any atom is -0.435 e. The summed E-state index contributed by atoms with van der Waals surface area (Å²) in [6, 6.07) is 0. The Balaban J connectivity index is 0.000000420. The maximum atomic E-state index is 12.1. The Morgan fingerprint density at radius 2 is 1.64 bits per heavy atom. The van der Waals surface area contributed by atoms with Crippen LogP contribution in [0.4, 0.5) is 0 Å². The number of esters is 1. The number of carbonyl (C=O) groups is 1. The van der Waals surface area contributed by atoms with E-state index in [1.807, 2.05) is 6.92 Å². The predicted molar refractivity (Wildman–Crippen MR) is 129 cm³/mol. The summed E-state index contributed by atoms with van der Waals surface area (Å²) in [6.45, 7) is 14.7. The van der Waals surface area contributed by atoms with Gasteiger partial charge in [-0.25, -0.2) is 9.78 Å². The molecule has 0 aromatic heterocycles. The molecule has 1 saturated carbocycles. The highest BCUT2D eigenvalue weighted by atomic mass is 17.3. The van der Waals surface area contributed by atoms with E-state index in [0.717, 1.165) is 44.9 Å². The molecule has 4 aliphatic heterocycles.